The summed E-state index contributed by atoms with van der Waals surface area (Å²) in [5.74, 6) is 0.254. The van der Waals surface area contributed by atoms with Gasteiger partial charge in [0.2, 0.25) is 0 Å². The van der Waals surface area contributed by atoms with Gasteiger partial charge in [0.15, 0.2) is 0 Å². The molecule has 0 unspecified atom stereocenters. The molecule has 0 radical (unpaired) electrons. The predicted octanol–water partition coefficient (Wildman–Crippen LogP) is 2.33. The second-order valence-corrected chi connectivity index (χ2v) is 5.05. The fourth-order valence-electron chi connectivity index (χ4n) is 1.89. The van der Waals surface area contributed by atoms with Crippen molar-refractivity contribution in [3.8, 4) is 0 Å². The van der Waals surface area contributed by atoms with Crippen LogP contribution < -0.4 is 0 Å². The average Bonchev–Trinajstić information content (AvgIpc) is 2.38. The molecule has 1 saturated heterocycles. The highest BCUT2D eigenvalue weighted by Gasteiger charge is 2.20. The number of carbonyl (C=O) groups excluding carboxylic acids is 1. The number of nitrogens with zero attached hydrogens (tertiary/aromatic N) is 2. The molecule has 0 bridgehead atoms. The van der Waals surface area contributed by atoms with Crippen molar-refractivity contribution in [2.24, 2.45) is 0 Å². The highest BCUT2D eigenvalue weighted by Crippen LogP contribution is 2.19. The molecule has 1 aliphatic rings. The zero-order chi connectivity index (χ0) is 13.1. The van der Waals surface area contributed by atoms with E-state index in [1.54, 1.807) is 11.0 Å². The molecule has 0 aromatic carbocycles. The highest BCUT2D eigenvalue weighted by molar-refractivity contribution is 6.29. The Morgan fingerprint density at radius 2 is 2.06 bits per heavy atom. The van der Waals surface area contributed by atoms with Crippen molar-refractivity contribution < 1.29 is 9.53 Å². The van der Waals surface area contributed by atoms with Gasteiger partial charge in [0.1, 0.15) is 5.15 Å². The van der Waals surface area contributed by atoms with Gasteiger partial charge in [0.25, 0.3) is 5.91 Å². The smallest absolute Gasteiger partial charge is 0.254 e. The maximum absolute atomic E-state index is 12.3. The molecule has 0 atom stereocenters. The van der Waals surface area contributed by atoms with Crippen molar-refractivity contribution >= 4 is 17.5 Å². The van der Waals surface area contributed by atoms with E-state index in [0.29, 0.717) is 37.0 Å². The number of morpholine rings is 1. The van der Waals surface area contributed by atoms with Gasteiger partial charge < -0.3 is 9.64 Å². The summed E-state index contributed by atoms with van der Waals surface area (Å²) in [6, 6.07) is 3.46. The van der Waals surface area contributed by atoms with Crippen molar-refractivity contribution in [2.45, 2.75) is 19.8 Å². The van der Waals surface area contributed by atoms with Crippen LogP contribution in [0.1, 0.15) is 35.8 Å². The fraction of sp³-hybridized carbons (Fsp3) is 0.538. The Morgan fingerprint density at radius 1 is 1.39 bits per heavy atom. The second-order valence-electron chi connectivity index (χ2n) is 4.66. The lowest BCUT2D eigenvalue weighted by molar-refractivity contribution is 0.0302. The van der Waals surface area contributed by atoms with Crippen LogP contribution in [-0.2, 0) is 4.74 Å². The fourth-order valence-corrected chi connectivity index (χ4v) is 2.10. The van der Waals surface area contributed by atoms with Crippen LogP contribution in [0.15, 0.2) is 12.1 Å². The topological polar surface area (TPSA) is 42.4 Å². The minimum Gasteiger partial charge on any atom is -0.378 e. The van der Waals surface area contributed by atoms with Crippen LogP contribution in [0.5, 0.6) is 0 Å². The molecule has 1 aliphatic heterocycles. The Hall–Kier alpha value is -1.13. The SMILES string of the molecule is CC(C)c1cc(C(=O)N2CCOCC2)cc(Cl)n1. The molecule has 1 aromatic rings. The quantitative estimate of drug-likeness (QED) is 0.773. The van der Waals surface area contributed by atoms with Crippen LogP contribution in [0, 0.1) is 0 Å². The van der Waals surface area contributed by atoms with Gasteiger partial charge in [-0.15, -0.1) is 0 Å². The van der Waals surface area contributed by atoms with Gasteiger partial charge in [0, 0.05) is 24.3 Å². The number of rotatable bonds is 2. The van der Waals surface area contributed by atoms with Crippen molar-refractivity contribution in [2.75, 3.05) is 26.3 Å². The summed E-state index contributed by atoms with van der Waals surface area (Å²) in [6.07, 6.45) is 0. The number of hydrogen-bond acceptors (Lipinski definition) is 3. The summed E-state index contributed by atoms with van der Waals surface area (Å²) in [4.78, 5) is 18.3. The Labute approximate surface area is 112 Å². The third kappa shape index (κ3) is 3.00. The molecule has 1 aromatic heterocycles. The molecule has 98 valence electrons. The third-order valence-electron chi connectivity index (χ3n) is 2.95. The summed E-state index contributed by atoms with van der Waals surface area (Å²) in [5, 5.41) is 0.373. The molecule has 4 nitrogen and oxygen atoms in total. The molecule has 2 heterocycles. The lowest BCUT2D eigenvalue weighted by Gasteiger charge is -2.27. The minimum atomic E-state index is 0.00417. The molecule has 5 heteroatoms. The molecule has 1 amide bonds. The summed E-state index contributed by atoms with van der Waals surface area (Å²) in [6.45, 7) is 6.53. The van der Waals surface area contributed by atoms with Gasteiger partial charge in [-0.3, -0.25) is 4.79 Å². The zero-order valence-electron chi connectivity index (χ0n) is 10.6. The second kappa shape index (κ2) is 5.67. The van der Waals surface area contributed by atoms with E-state index >= 15 is 0 Å². The summed E-state index contributed by atoms with van der Waals surface area (Å²) >= 11 is 5.97. The van der Waals surface area contributed by atoms with E-state index in [1.807, 2.05) is 19.9 Å². The van der Waals surface area contributed by atoms with E-state index in [9.17, 15) is 4.79 Å². The number of ether oxygens (including phenoxy) is 1. The van der Waals surface area contributed by atoms with E-state index < -0.39 is 0 Å². The van der Waals surface area contributed by atoms with Gasteiger partial charge in [-0.1, -0.05) is 25.4 Å². The van der Waals surface area contributed by atoms with Gasteiger partial charge >= 0.3 is 0 Å². The zero-order valence-corrected chi connectivity index (χ0v) is 11.4. The number of aromatic nitrogens is 1. The van der Waals surface area contributed by atoms with Gasteiger partial charge in [0.05, 0.1) is 13.2 Å². The van der Waals surface area contributed by atoms with Crippen LogP contribution >= 0.6 is 11.6 Å². The molecule has 0 N–H and O–H groups in total. The van der Waals surface area contributed by atoms with Crippen molar-refractivity contribution in [3.63, 3.8) is 0 Å². The first-order valence-electron chi connectivity index (χ1n) is 6.12. The Kier molecular flexibility index (Phi) is 4.19. The monoisotopic (exact) mass is 268 g/mol. The standard InChI is InChI=1S/C13H17ClN2O2/c1-9(2)11-7-10(8-12(14)15-11)13(17)16-3-5-18-6-4-16/h7-9H,3-6H2,1-2H3. The van der Waals surface area contributed by atoms with Crippen LogP contribution in [0.3, 0.4) is 0 Å². The van der Waals surface area contributed by atoms with Crippen LogP contribution in [0.2, 0.25) is 5.15 Å². The lowest BCUT2D eigenvalue weighted by Crippen LogP contribution is -2.40. The van der Waals surface area contributed by atoms with E-state index in [-0.39, 0.29) is 11.8 Å². The number of hydrogen-bond donors (Lipinski definition) is 0. The van der Waals surface area contributed by atoms with E-state index in [1.165, 1.54) is 0 Å². The summed E-state index contributed by atoms with van der Waals surface area (Å²) in [7, 11) is 0. The first-order chi connectivity index (χ1) is 8.58. The van der Waals surface area contributed by atoms with Crippen LogP contribution in [-0.4, -0.2) is 42.1 Å². The number of pyridine rings is 1. The summed E-state index contributed by atoms with van der Waals surface area (Å²) in [5.41, 5.74) is 1.46. The van der Waals surface area contributed by atoms with Gasteiger partial charge in [-0.2, -0.15) is 0 Å². The molecular weight excluding hydrogens is 252 g/mol. The molecule has 2 rings (SSSR count). The third-order valence-corrected chi connectivity index (χ3v) is 3.14. The Morgan fingerprint density at radius 3 is 2.67 bits per heavy atom. The normalized spacial score (nSPS) is 16.1. The number of carbonyl (C=O) groups is 1. The minimum absolute atomic E-state index is 0.00417. The van der Waals surface area contributed by atoms with Crippen molar-refractivity contribution in [3.05, 3.63) is 28.5 Å². The van der Waals surface area contributed by atoms with E-state index in [2.05, 4.69) is 4.98 Å². The molecule has 0 aliphatic carbocycles. The average molecular weight is 269 g/mol. The van der Waals surface area contributed by atoms with E-state index in [0.717, 1.165) is 5.69 Å². The maximum atomic E-state index is 12.3. The highest BCUT2D eigenvalue weighted by atomic mass is 35.5. The van der Waals surface area contributed by atoms with Gasteiger partial charge in [-0.05, 0) is 18.1 Å². The van der Waals surface area contributed by atoms with Crippen LogP contribution in [0.4, 0.5) is 0 Å². The molecular formula is C13H17ClN2O2. The lowest BCUT2D eigenvalue weighted by atomic mass is 10.1. The van der Waals surface area contributed by atoms with Crippen molar-refractivity contribution in [1.29, 1.82) is 0 Å². The van der Waals surface area contributed by atoms with Gasteiger partial charge in [-0.25, -0.2) is 4.98 Å². The van der Waals surface area contributed by atoms with Crippen molar-refractivity contribution in [1.82, 2.24) is 9.88 Å². The largest absolute Gasteiger partial charge is 0.378 e. The molecule has 0 saturated carbocycles. The first-order valence-corrected chi connectivity index (χ1v) is 6.50. The Balaban J connectivity index is 2.23. The molecule has 1 fully saturated rings. The first kappa shape index (κ1) is 13.3. The van der Waals surface area contributed by atoms with Crippen LogP contribution in [0.25, 0.3) is 0 Å². The Bertz CT molecular complexity index is 443. The molecule has 18 heavy (non-hydrogen) atoms. The maximum Gasteiger partial charge on any atom is 0.254 e. The number of amides is 1. The summed E-state index contributed by atoms with van der Waals surface area (Å²) < 4.78 is 5.24. The van der Waals surface area contributed by atoms with E-state index in [4.69, 9.17) is 16.3 Å². The molecule has 0 spiro atoms. The predicted molar refractivity (Wildman–Crippen MR) is 70.1 cm³/mol. The number of halogens is 1.